The third-order valence-electron chi connectivity index (χ3n) is 3.54. The number of hydrogen-bond acceptors (Lipinski definition) is 5. The summed E-state index contributed by atoms with van der Waals surface area (Å²) >= 11 is 6.53. The first-order chi connectivity index (χ1) is 12.5. The molecular formula is C19H18BrN3OS2. The summed E-state index contributed by atoms with van der Waals surface area (Å²) in [4.78, 5) is 22.6. The SMILES string of the molecule is CC(C)c1nc(CNC(=O)c2cccnc2Sc2ccc(Br)cc2)cs1. The number of thiazole rings is 1. The number of hydrogen-bond donors (Lipinski definition) is 1. The van der Waals surface area contributed by atoms with Gasteiger partial charge in [0.2, 0.25) is 0 Å². The van der Waals surface area contributed by atoms with Crippen molar-refractivity contribution in [1.29, 1.82) is 0 Å². The number of carbonyl (C=O) groups excluding carboxylic acids is 1. The van der Waals surface area contributed by atoms with Crippen LogP contribution in [0.15, 0.2) is 62.4 Å². The van der Waals surface area contributed by atoms with E-state index < -0.39 is 0 Å². The summed E-state index contributed by atoms with van der Waals surface area (Å²) in [7, 11) is 0. The number of amides is 1. The minimum atomic E-state index is -0.142. The Morgan fingerprint density at radius 2 is 2.04 bits per heavy atom. The van der Waals surface area contributed by atoms with Gasteiger partial charge in [-0.25, -0.2) is 9.97 Å². The van der Waals surface area contributed by atoms with Gasteiger partial charge in [-0.2, -0.15) is 0 Å². The molecule has 0 unspecified atom stereocenters. The quantitative estimate of drug-likeness (QED) is 0.541. The highest BCUT2D eigenvalue weighted by atomic mass is 79.9. The van der Waals surface area contributed by atoms with Gasteiger partial charge in [0.05, 0.1) is 22.8 Å². The van der Waals surface area contributed by atoms with Gasteiger partial charge in [0.1, 0.15) is 5.03 Å². The lowest BCUT2D eigenvalue weighted by Crippen LogP contribution is -2.23. The number of carbonyl (C=O) groups is 1. The second-order valence-electron chi connectivity index (χ2n) is 5.93. The normalized spacial score (nSPS) is 10.9. The van der Waals surface area contributed by atoms with Crippen molar-refractivity contribution in [3.8, 4) is 0 Å². The maximum Gasteiger partial charge on any atom is 0.254 e. The van der Waals surface area contributed by atoms with E-state index in [-0.39, 0.29) is 5.91 Å². The zero-order chi connectivity index (χ0) is 18.5. The van der Waals surface area contributed by atoms with Gasteiger partial charge < -0.3 is 5.32 Å². The van der Waals surface area contributed by atoms with E-state index in [0.29, 0.717) is 23.1 Å². The molecular weight excluding hydrogens is 430 g/mol. The number of aromatic nitrogens is 2. The second kappa shape index (κ2) is 8.79. The first-order valence-electron chi connectivity index (χ1n) is 8.14. The summed E-state index contributed by atoms with van der Waals surface area (Å²) in [6.07, 6.45) is 1.70. The topological polar surface area (TPSA) is 54.9 Å². The molecule has 0 aliphatic heterocycles. The van der Waals surface area contributed by atoms with E-state index in [1.165, 1.54) is 11.8 Å². The first-order valence-corrected chi connectivity index (χ1v) is 10.6. The molecule has 3 rings (SSSR count). The Balaban J connectivity index is 1.69. The predicted octanol–water partition coefficient (Wildman–Crippen LogP) is 5.51. The fraction of sp³-hybridized carbons (Fsp3) is 0.211. The van der Waals surface area contributed by atoms with Crippen molar-refractivity contribution in [3.05, 3.63) is 68.7 Å². The summed E-state index contributed by atoms with van der Waals surface area (Å²) in [6, 6.07) is 11.5. The van der Waals surface area contributed by atoms with Crippen LogP contribution in [0.5, 0.6) is 0 Å². The lowest BCUT2D eigenvalue weighted by molar-refractivity contribution is 0.0947. The minimum Gasteiger partial charge on any atom is -0.346 e. The van der Waals surface area contributed by atoms with Crippen LogP contribution < -0.4 is 5.32 Å². The third kappa shape index (κ3) is 4.93. The maximum absolute atomic E-state index is 12.6. The number of benzene rings is 1. The van der Waals surface area contributed by atoms with Gasteiger partial charge in [0.15, 0.2) is 0 Å². The second-order valence-corrected chi connectivity index (χ2v) is 8.79. The highest BCUT2D eigenvalue weighted by molar-refractivity contribution is 9.10. The monoisotopic (exact) mass is 447 g/mol. The van der Waals surface area contributed by atoms with E-state index in [2.05, 4.69) is 45.1 Å². The van der Waals surface area contributed by atoms with Crippen LogP contribution in [0.4, 0.5) is 0 Å². The lowest BCUT2D eigenvalue weighted by atomic mass is 10.2. The molecule has 0 aliphatic rings. The molecule has 0 radical (unpaired) electrons. The van der Waals surface area contributed by atoms with Crippen LogP contribution in [0, 0.1) is 0 Å². The molecule has 0 saturated heterocycles. The van der Waals surface area contributed by atoms with Crippen LogP contribution in [0.1, 0.15) is 40.8 Å². The van der Waals surface area contributed by atoms with E-state index >= 15 is 0 Å². The standard InChI is InChI=1S/C19H18BrN3OS2/c1-12(2)18-23-14(11-25-18)10-22-17(24)16-4-3-9-21-19(16)26-15-7-5-13(20)6-8-15/h3-9,11-12H,10H2,1-2H3,(H,22,24). The van der Waals surface area contributed by atoms with Gasteiger partial charge in [-0.15, -0.1) is 11.3 Å². The van der Waals surface area contributed by atoms with Crippen LogP contribution in [0.25, 0.3) is 0 Å². The molecule has 1 aromatic carbocycles. The number of pyridine rings is 1. The van der Waals surface area contributed by atoms with Gasteiger partial charge in [-0.05, 0) is 36.4 Å². The van der Waals surface area contributed by atoms with Crippen LogP contribution in [-0.2, 0) is 6.54 Å². The molecule has 134 valence electrons. The Bertz CT molecular complexity index is 894. The highest BCUT2D eigenvalue weighted by Gasteiger charge is 2.14. The fourth-order valence-corrected chi connectivity index (χ4v) is 4.17. The average Bonchev–Trinajstić information content (AvgIpc) is 3.11. The molecule has 0 fully saturated rings. The van der Waals surface area contributed by atoms with E-state index in [1.54, 1.807) is 29.7 Å². The van der Waals surface area contributed by atoms with E-state index in [1.807, 2.05) is 29.6 Å². The predicted molar refractivity (Wildman–Crippen MR) is 110 cm³/mol. The number of nitrogens with one attached hydrogen (secondary N) is 1. The summed E-state index contributed by atoms with van der Waals surface area (Å²) < 4.78 is 1.02. The molecule has 0 atom stereocenters. The molecule has 2 aromatic heterocycles. The van der Waals surface area contributed by atoms with E-state index in [0.717, 1.165) is 20.1 Å². The van der Waals surface area contributed by atoms with Crippen molar-refractivity contribution < 1.29 is 4.79 Å². The molecule has 0 spiro atoms. The summed E-state index contributed by atoms with van der Waals surface area (Å²) in [5, 5.41) is 6.72. The molecule has 1 amide bonds. The summed E-state index contributed by atoms with van der Waals surface area (Å²) in [5.74, 6) is 0.258. The molecule has 26 heavy (non-hydrogen) atoms. The number of nitrogens with zero attached hydrogens (tertiary/aromatic N) is 2. The number of halogens is 1. The van der Waals surface area contributed by atoms with Crippen molar-refractivity contribution in [2.75, 3.05) is 0 Å². The Morgan fingerprint density at radius 3 is 2.73 bits per heavy atom. The lowest BCUT2D eigenvalue weighted by Gasteiger charge is -2.08. The van der Waals surface area contributed by atoms with Crippen LogP contribution in [0.2, 0.25) is 0 Å². The fourth-order valence-electron chi connectivity index (χ4n) is 2.19. The Kier molecular flexibility index (Phi) is 6.45. The minimum absolute atomic E-state index is 0.142. The molecule has 2 heterocycles. The van der Waals surface area contributed by atoms with Gasteiger partial charge in [-0.1, -0.05) is 41.5 Å². The van der Waals surface area contributed by atoms with Crippen molar-refractivity contribution in [2.45, 2.75) is 36.2 Å². The average molecular weight is 448 g/mol. The van der Waals surface area contributed by atoms with E-state index in [9.17, 15) is 4.79 Å². The Hall–Kier alpha value is -1.70. The maximum atomic E-state index is 12.6. The van der Waals surface area contributed by atoms with Crippen molar-refractivity contribution in [1.82, 2.24) is 15.3 Å². The van der Waals surface area contributed by atoms with Crippen molar-refractivity contribution >= 4 is 44.9 Å². The Morgan fingerprint density at radius 1 is 1.27 bits per heavy atom. The van der Waals surface area contributed by atoms with Crippen molar-refractivity contribution in [2.24, 2.45) is 0 Å². The molecule has 3 aromatic rings. The molecule has 0 bridgehead atoms. The van der Waals surface area contributed by atoms with Crippen LogP contribution >= 0.6 is 39.0 Å². The van der Waals surface area contributed by atoms with E-state index in [4.69, 9.17) is 0 Å². The molecule has 0 aliphatic carbocycles. The Labute approximate surface area is 169 Å². The van der Waals surface area contributed by atoms with Crippen molar-refractivity contribution in [3.63, 3.8) is 0 Å². The van der Waals surface area contributed by atoms with Gasteiger partial charge in [-0.3, -0.25) is 4.79 Å². The first kappa shape index (κ1) is 19.1. The summed E-state index contributed by atoms with van der Waals surface area (Å²) in [6.45, 7) is 4.64. The van der Waals surface area contributed by atoms with Gasteiger partial charge in [0.25, 0.3) is 5.91 Å². The highest BCUT2D eigenvalue weighted by Crippen LogP contribution is 2.29. The van der Waals surface area contributed by atoms with Crippen LogP contribution in [0.3, 0.4) is 0 Å². The molecule has 1 N–H and O–H groups in total. The molecule has 7 heteroatoms. The van der Waals surface area contributed by atoms with Crippen LogP contribution in [-0.4, -0.2) is 15.9 Å². The smallest absolute Gasteiger partial charge is 0.254 e. The zero-order valence-electron chi connectivity index (χ0n) is 14.4. The third-order valence-corrected chi connectivity index (χ3v) is 6.29. The zero-order valence-corrected chi connectivity index (χ0v) is 17.6. The van der Waals surface area contributed by atoms with Gasteiger partial charge >= 0.3 is 0 Å². The number of rotatable bonds is 6. The molecule has 4 nitrogen and oxygen atoms in total. The summed E-state index contributed by atoms with van der Waals surface area (Å²) in [5.41, 5.74) is 1.46. The van der Waals surface area contributed by atoms with Gasteiger partial charge in [0, 0.05) is 26.9 Å². The molecule has 0 saturated carbocycles. The largest absolute Gasteiger partial charge is 0.346 e.